The van der Waals surface area contributed by atoms with Gasteiger partial charge >= 0.3 is 0 Å². The van der Waals surface area contributed by atoms with Crippen LogP contribution in [-0.2, 0) is 0 Å². The standard InChI is InChI=1S/C18H22Cl2N4O2S.2ClH/c1-3-24(4-2)5-6-26-13-8-11(14-10-15(19)27-16(14)20)7-12(9-13)17(25)23-18(21)22;;/h7-10H,3-6H2,1-2H3,(H4,21,22,23,25);2*1H. The van der Waals surface area contributed by atoms with Crippen molar-refractivity contribution in [2.24, 2.45) is 16.5 Å². The number of ether oxygens (including phenoxy) is 1. The number of guanidine groups is 1. The lowest BCUT2D eigenvalue weighted by Gasteiger charge is -2.18. The van der Waals surface area contributed by atoms with Gasteiger partial charge in [0.25, 0.3) is 5.91 Å². The highest BCUT2D eigenvalue weighted by atomic mass is 35.5. The summed E-state index contributed by atoms with van der Waals surface area (Å²) < 4.78 is 6.95. The van der Waals surface area contributed by atoms with Crippen LogP contribution >= 0.6 is 59.4 Å². The molecule has 1 aromatic heterocycles. The highest BCUT2D eigenvalue weighted by Crippen LogP contribution is 2.39. The van der Waals surface area contributed by atoms with Crippen LogP contribution in [0.4, 0.5) is 0 Å². The Morgan fingerprint density at radius 2 is 1.79 bits per heavy atom. The Hall–Kier alpha value is -1.22. The summed E-state index contributed by atoms with van der Waals surface area (Å²) in [6.45, 7) is 7.34. The van der Waals surface area contributed by atoms with Crippen LogP contribution in [0, 0.1) is 0 Å². The molecule has 6 nitrogen and oxygen atoms in total. The van der Waals surface area contributed by atoms with Crippen molar-refractivity contribution in [2.75, 3.05) is 26.2 Å². The molecule has 29 heavy (non-hydrogen) atoms. The van der Waals surface area contributed by atoms with E-state index in [1.807, 2.05) is 6.07 Å². The third kappa shape index (κ3) is 8.20. The molecule has 11 heteroatoms. The van der Waals surface area contributed by atoms with Crippen molar-refractivity contribution >= 4 is 71.2 Å². The molecule has 0 saturated carbocycles. The molecule has 0 aliphatic heterocycles. The maximum absolute atomic E-state index is 12.3. The van der Waals surface area contributed by atoms with Gasteiger partial charge in [0.05, 0.1) is 4.34 Å². The fourth-order valence-electron chi connectivity index (χ4n) is 2.51. The number of carbonyl (C=O) groups excluding carboxylic acids is 1. The van der Waals surface area contributed by atoms with E-state index in [-0.39, 0.29) is 30.8 Å². The summed E-state index contributed by atoms with van der Waals surface area (Å²) in [5.41, 5.74) is 12.4. The van der Waals surface area contributed by atoms with Gasteiger partial charge in [-0.25, -0.2) is 0 Å². The quantitative estimate of drug-likeness (QED) is 0.403. The number of benzene rings is 1. The molecule has 0 bridgehead atoms. The Morgan fingerprint density at radius 3 is 2.31 bits per heavy atom. The summed E-state index contributed by atoms with van der Waals surface area (Å²) in [4.78, 5) is 18.1. The van der Waals surface area contributed by atoms with Gasteiger partial charge in [-0.05, 0) is 42.9 Å². The lowest BCUT2D eigenvalue weighted by atomic mass is 10.0. The molecule has 0 saturated heterocycles. The fourth-order valence-corrected chi connectivity index (χ4v) is 4.02. The zero-order valence-corrected chi connectivity index (χ0v) is 19.9. The van der Waals surface area contributed by atoms with Crippen molar-refractivity contribution in [2.45, 2.75) is 13.8 Å². The molecule has 1 heterocycles. The molecule has 162 valence electrons. The van der Waals surface area contributed by atoms with E-state index in [1.54, 1.807) is 18.2 Å². The van der Waals surface area contributed by atoms with Crippen LogP contribution in [0.25, 0.3) is 11.1 Å². The molecule has 0 aliphatic carbocycles. The molecular weight excluding hydrogens is 478 g/mol. The molecule has 2 aromatic rings. The van der Waals surface area contributed by atoms with Gasteiger partial charge in [-0.1, -0.05) is 37.0 Å². The summed E-state index contributed by atoms with van der Waals surface area (Å²) >= 11 is 13.6. The van der Waals surface area contributed by atoms with Crippen LogP contribution in [0.15, 0.2) is 29.3 Å². The fraction of sp³-hybridized carbons (Fsp3) is 0.333. The van der Waals surface area contributed by atoms with E-state index in [0.717, 1.165) is 25.2 Å². The van der Waals surface area contributed by atoms with Gasteiger partial charge in [-0.2, -0.15) is 4.99 Å². The predicted octanol–water partition coefficient (Wildman–Crippen LogP) is 4.70. The summed E-state index contributed by atoms with van der Waals surface area (Å²) in [6.07, 6.45) is 0. The maximum atomic E-state index is 12.3. The number of hydrogen-bond donors (Lipinski definition) is 2. The van der Waals surface area contributed by atoms with E-state index in [2.05, 4.69) is 23.7 Å². The van der Waals surface area contributed by atoms with Crippen molar-refractivity contribution < 1.29 is 9.53 Å². The second kappa shape index (κ2) is 13.2. The highest BCUT2D eigenvalue weighted by Gasteiger charge is 2.14. The number of hydrogen-bond acceptors (Lipinski definition) is 4. The minimum atomic E-state index is -0.553. The van der Waals surface area contributed by atoms with Crippen molar-refractivity contribution in [3.05, 3.63) is 38.5 Å². The molecular formula is C18H24Cl4N4O2S. The summed E-state index contributed by atoms with van der Waals surface area (Å²) in [5.74, 6) is -0.318. The maximum Gasteiger partial charge on any atom is 0.280 e. The molecule has 0 fully saturated rings. The Bertz CT molecular complexity index is 837. The summed E-state index contributed by atoms with van der Waals surface area (Å²) in [6, 6.07) is 6.84. The van der Waals surface area contributed by atoms with Gasteiger partial charge in [0.2, 0.25) is 0 Å². The second-order valence-electron chi connectivity index (χ2n) is 5.70. The average Bonchev–Trinajstić information content (AvgIpc) is 2.96. The van der Waals surface area contributed by atoms with Gasteiger partial charge < -0.3 is 21.1 Å². The first kappa shape index (κ1) is 27.8. The summed E-state index contributed by atoms with van der Waals surface area (Å²) in [7, 11) is 0. The zero-order chi connectivity index (χ0) is 20.0. The minimum absolute atomic E-state index is 0. The molecule has 4 N–H and O–H groups in total. The summed E-state index contributed by atoms with van der Waals surface area (Å²) in [5, 5.41) is 0. The Balaban J connectivity index is 0.00000392. The number of rotatable bonds is 8. The van der Waals surface area contributed by atoms with E-state index >= 15 is 0 Å². The van der Waals surface area contributed by atoms with E-state index in [1.165, 1.54) is 11.3 Å². The molecule has 0 unspecified atom stereocenters. The number of aliphatic imine (C=N–C) groups is 1. The zero-order valence-electron chi connectivity index (χ0n) is 16.0. The number of halogens is 4. The van der Waals surface area contributed by atoms with Crippen LogP contribution in [-0.4, -0.2) is 43.0 Å². The van der Waals surface area contributed by atoms with E-state index in [9.17, 15) is 4.79 Å². The van der Waals surface area contributed by atoms with Crippen LogP contribution in [0.3, 0.4) is 0 Å². The van der Waals surface area contributed by atoms with Crippen LogP contribution in [0.5, 0.6) is 5.75 Å². The van der Waals surface area contributed by atoms with Gasteiger partial charge in [0.1, 0.15) is 16.7 Å². The first-order valence-corrected chi connectivity index (χ1v) is 10.0. The smallest absolute Gasteiger partial charge is 0.280 e. The second-order valence-corrected chi connectivity index (χ2v) is 7.99. The van der Waals surface area contributed by atoms with Gasteiger partial charge in [0.15, 0.2) is 5.96 Å². The third-order valence-electron chi connectivity index (χ3n) is 3.92. The average molecular weight is 502 g/mol. The van der Waals surface area contributed by atoms with Gasteiger partial charge in [-0.3, -0.25) is 4.79 Å². The van der Waals surface area contributed by atoms with Crippen LogP contribution in [0.2, 0.25) is 8.67 Å². The molecule has 2 rings (SSSR count). The third-order valence-corrected chi connectivity index (χ3v) is 5.41. The van der Waals surface area contributed by atoms with Crippen molar-refractivity contribution in [1.82, 2.24) is 4.90 Å². The van der Waals surface area contributed by atoms with Crippen LogP contribution in [0.1, 0.15) is 24.2 Å². The lowest BCUT2D eigenvalue weighted by molar-refractivity contribution is 0.100. The highest BCUT2D eigenvalue weighted by molar-refractivity contribution is 7.20. The molecule has 0 spiro atoms. The van der Waals surface area contributed by atoms with Crippen molar-refractivity contribution in [1.29, 1.82) is 0 Å². The molecule has 0 aliphatic rings. The topological polar surface area (TPSA) is 93.9 Å². The normalized spacial score (nSPS) is 10.1. The first-order valence-electron chi connectivity index (χ1n) is 8.43. The molecule has 0 radical (unpaired) electrons. The predicted molar refractivity (Wildman–Crippen MR) is 128 cm³/mol. The van der Waals surface area contributed by atoms with Crippen molar-refractivity contribution in [3.63, 3.8) is 0 Å². The Morgan fingerprint density at radius 1 is 1.14 bits per heavy atom. The van der Waals surface area contributed by atoms with E-state index in [0.29, 0.717) is 32.2 Å². The molecule has 1 amide bonds. The SMILES string of the molecule is CCN(CC)CCOc1cc(C(=O)N=C(N)N)cc(-c2cc(Cl)sc2Cl)c1.Cl.Cl. The first-order chi connectivity index (χ1) is 12.8. The number of nitrogens with zero attached hydrogens (tertiary/aromatic N) is 2. The number of nitrogens with two attached hydrogens (primary N) is 2. The lowest BCUT2D eigenvalue weighted by Crippen LogP contribution is -2.27. The molecule has 0 atom stereocenters. The van der Waals surface area contributed by atoms with Crippen molar-refractivity contribution in [3.8, 4) is 16.9 Å². The largest absolute Gasteiger partial charge is 0.492 e. The molecule has 1 aromatic carbocycles. The van der Waals surface area contributed by atoms with E-state index < -0.39 is 5.91 Å². The van der Waals surface area contributed by atoms with Gasteiger partial charge in [-0.15, -0.1) is 36.2 Å². The van der Waals surface area contributed by atoms with Crippen LogP contribution < -0.4 is 16.2 Å². The number of carbonyl (C=O) groups is 1. The Labute approximate surface area is 197 Å². The number of amides is 1. The number of thiophene rings is 1. The number of likely N-dealkylation sites (N-methyl/N-ethyl adjacent to an activating group) is 1. The van der Waals surface area contributed by atoms with Gasteiger partial charge in [0, 0.05) is 17.7 Å². The monoisotopic (exact) mass is 500 g/mol. The minimum Gasteiger partial charge on any atom is -0.492 e. The Kier molecular flexibility index (Phi) is 12.6. The van der Waals surface area contributed by atoms with E-state index in [4.69, 9.17) is 39.4 Å².